The maximum Gasteiger partial charge on any atom is 0.315 e. The van der Waals surface area contributed by atoms with Crippen molar-refractivity contribution in [2.45, 2.75) is 57.0 Å². The van der Waals surface area contributed by atoms with Crippen molar-refractivity contribution in [2.75, 3.05) is 45.9 Å². The highest BCUT2D eigenvalue weighted by Crippen LogP contribution is 2.17. The van der Waals surface area contributed by atoms with Crippen molar-refractivity contribution < 1.29 is 26.7 Å². The summed E-state index contributed by atoms with van der Waals surface area (Å²) >= 11 is 0. The van der Waals surface area contributed by atoms with Gasteiger partial charge in [0.25, 0.3) is 0 Å². The Morgan fingerprint density at radius 3 is 2.04 bits per heavy atom. The first kappa shape index (κ1) is 21.3. The van der Waals surface area contributed by atoms with Gasteiger partial charge in [-0.2, -0.15) is 0 Å². The number of amides is 3. The predicted octanol–water partition coefficient (Wildman–Crippen LogP) is -2.05. The first-order valence-electron chi connectivity index (χ1n) is 9.85. The number of rotatable bonds is 4. The van der Waals surface area contributed by atoms with Crippen LogP contribution in [0, 0.1) is 0 Å². The number of carbonyl (C=O) groups is 2. The molecule has 0 aromatic heterocycles. The standard InChI is InChI=1S/C18H32N4O3.ClH/c23-17(22-10-12-25-13-11-22)14-21-8-6-16(7-9-21)20-18(24)19-15-4-2-1-3-5-15;/h15-16H,1-14H2,(H2,19,20,24);1H/p-1. The second-order valence-corrected chi connectivity index (χ2v) is 7.50. The van der Waals surface area contributed by atoms with E-state index in [0.29, 0.717) is 38.9 Å². The Morgan fingerprint density at radius 2 is 1.42 bits per heavy atom. The monoisotopic (exact) mass is 387 g/mol. The van der Waals surface area contributed by atoms with E-state index in [-0.39, 0.29) is 30.4 Å². The predicted molar refractivity (Wildman–Crippen MR) is 95.4 cm³/mol. The van der Waals surface area contributed by atoms with Crippen LogP contribution in [-0.2, 0) is 9.53 Å². The smallest absolute Gasteiger partial charge is 0.315 e. The Kier molecular flexibility index (Phi) is 8.95. The van der Waals surface area contributed by atoms with Crippen molar-refractivity contribution in [3.63, 3.8) is 0 Å². The summed E-state index contributed by atoms with van der Waals surface area (Å²) in [4.78, 5) is 28.5. The molecular formula is C18H32ClN4O3-. The number of hydrogen-bond donors (Lipinski definition) is 2. The minimum atomic E-state index is -0.0188. The van der Waals surface area contributed by atoms with E-state index in [9.17, 15) is 9.59 Å². The highest BCUT2D eigenvalue weighted by atomic mass is 35.5. The summed E-state index contributed by atoms with van der Waals surface area (Å²) in [7, 11) is 0. The lowest BCUT2D eigenvalue weighted by atomic mass is 9.96. The molecule has 8 heteroatoms. The Balaban J connectivity index is 0.00000243. The number of likely N-dealkylation sites (tertiary alicyclic amines) is 1. The minimum Gasteiger partial charge on any atom is -1.00 e. The SMILES string of the molecule is O=C(NC1CCCCC1)NC1CCN(CC(=O)N2CCOCC2)CC1.[Cl-]. The highest BCUT2D eigenvalue weighted by Gasteiger charge is 2.25. The van der Waals surface area contributed by atoms with Crippen LogP contribution in [0.4, 0.5) is 4.79 Å². The van der Waals surface area contributed by atoms with Gasteiger partial charge in [0.05, 0.1) is 19.8 Å². The topological polar surface area (TPSA) is 73.9 Å². The van der Waals surface area contributed by atoms with Crippen LogP contribution in [0.15, 0.2) is 0 Å². The van der Waals surface area contributed by atoms with Gasteiger partial charge in [-0.15, -0.1) is 0 Å². The van der Waals surface area contributed by atoms with Gasteiger partial charge < -0.3 is 32.7 Å². The maximum absolute atomic E-state index is 12.3. The zero-order valence-electron chi connectivity index (χ0n) is 15.6. The summed E-state index contributed by atoms with van der Waals surface area (Å²) < 4.78 is 5.29. The van der Waals surface area contributed by atoms with E-state index < -0.39 is 0 Å². The average Bonchev–Trinajstić information content (AvgIpc) is 2.65. The Bertz CT molecular complexity index is 446. The maximum atomic E-state index is 12.3. The van der Waals surface area contributed by atoms with Crippen LogP contribution in [0.5, 0.6) is 0 Å². The molecule has 1 saturated carbocycles. The molecule has 0 radical (unpaired) electrons. The molecule has 0 spiro atoms. The zero-order chi connectivity index (χ0) is 17.5. The van der Waals surface area contributed by atoms with Crippen LogP contribution < -0.4 is 23.0 Å². The van der Waals surface area contributed by atoms with Gasteiger partial charge in [0.2, 0.25) is 5.91 Å². The minimum absolute atomic E-state index is 0. The molecule has 26 heavy (non-hydrogen) atoms. The molecule has 1 aliphatic carbocycles. The Hall–Kier alpha value is -1.05. The number of halogens is 1. The van der Waals surface area contributed by atoms with Gasteiger partial charge in [-0.1, -0.05) is 19.3 Å². The van der Waals surface area contributed by atoms with Crippen LogP contribution in [-0.4, -0.2) is 79.8 Å². The fourth-order valence-electron chi connectivity index (χ4n) is 4.00. The molecule has 0 atom stereocenters. The van der Waals surface area contributed by atoms with Gasteiger partial charge in [0, 0.05) is 38.3 Å². The fourth-order valence-corrected chi connectivity index (χ4v) is 4.00. The third-order valence-electron chi connectivity index (χ3n) is 5.59. The number of nitrogens with one attached hydrogen (secondary N) is 2. The van der Waals surface area contributed by atoms with Crippen molar-refractivity contribution in [2.24, 2.45) is 0 Å². The lowest BCUT2D eigenvalue weighted by Gasteiger charge is -2.34. The number of nitrogens with zero attached hydrogens (tertiary/aromatic N) is 2. The van der Waals surface area contributed by atoms with E-state index in [2.05, 4.69) is 15.5 Å². The molecule has 3 aliphatic rings. The van der Waals surface area contributed by atoms with Gasteiger partial charge in [-0.3, -0.25) is 9.69 Å². The number of morpholine rings is 1. The molecule has 2 N–H and O–H groups in total. The van der Waals surface area contributed by atoms with Gasteiger partial charge in [-0.05, 0) is 25.7 Å². The lowest BCUT2D eigenvalue weighted by Crippen LogP contribution is -3.00. The molecule has 3 amide bonds. The van der Waals surface area contributed by atoms with E-state index in [1.807, 2.05) is 4.90 Å². The third kappa shape index (κ3) is 6.59. The second kappa shape index (κ2) is 10.9. The summed E-state index contributed by atoms with van der Waals surface area (Å²) in [6, 6.07) is 0.549. The van der Waals surface area contributed by atoms with Crippen molar-refractivity contribution in [3.8, 4) is 0 Å². The molecule has 2 heterocycles. The van der Waals surface area contributed by atoms with Crippen LogP contribution >= 0.6 is 0 Å². The average molecular weight is 388 g/mol. The third-order valence-corrected chi connectivity index (χ3v) is 5.59. The quantitative estimate of drug-likeness (QED) is 0.582. The van der Waals surface area contributed by atoms with Crippen LogP contribution in [0.2, 0.25) is 0 Å². The van der Waals surface area contributed by atoms with Gasteiger partial charge in [0.1, 0.15) is 0 Å². The molecule has 0 aromatic rings. The first-order valence-corrected chi connectivity index (χ1v) is 9.85. The summed E-state index contributed by atoms with van der Waals surface area (Å²) in [6.45, 7) is 4.92. The fraction of sp³-hybridized carbons (Fsp3) is 0.889. The molecule has 2 aliphatic heterocycles. The van der Waals surface area contributed by atoms with Crippen molar-refractivity contribution >= 4 is 11.9 Å². The van der Waals surface area contributed by atoms with E-state index in [4.69, 9.17) is 4.74 Å². The normalized spacial score (nSPS) is 23.2. The van der Waals surface area contributed by atoms with Crippen LogP contribution in [0.25, 0.3) is 0 Å². The van der Waals surface area contributed by atoms with E-state index in [1.165, 1.54) is 19.3 Å². The molecule has 7 nitrogen and oxygen atoms in total. The lowest BCUT2D eigenvalue weighted by molar-refractivity contribution is -0.136. The number of carbonyl (C=O) groups excluding carboxylic acids is 2. The van der Waals surface area contributed by atoms with Gasteiger partial charge >= 0.3 is 6.03 Å². The summed E-state index contributed by atoms with van der Waals surface area (Å²) in [5.41, 5.74) is 0. The summed E-state index contributed by atoms with van der Waals surface area (Å²) in [5.74, 6) is 0.199. The molecule has 150 valence electrons. The van der Waals surface area contributed by atoms with Crippen LogP contribution in [0.1, 0.15) is 44.9 Å². The van der Waals surface area contributed by atoms with E-state index in [1.54, 1.807) is 0 Å². The number of urea groups is 1. The zero-order valence-corrected chi connectivity index (χ0v) is 16.3. The number of piperidine rings is 1. The number of ether oxygens (including phenoxy) is 1. The molecule has 0 aromatic carbocycles. The highest BCUT2D eigenvalue weighted by molar-refractivity contribution is 5.78. The molecule has 3 fully saturated rings. The van der Waals surface area contributed by atoms with Crippen molar-refractivity contribution in [1.82, 2.24) is 20.4 Å². The summed E-state index contributed by atoms with van der Waals surface area (Å²) in [5, 5.41) is 6.23. The Labute approximate surface area is 162 Å². The summed E-state index contributed by atoms with van der Waals surface area (Å²) in [6.07, 6.45) is 7.77. The van der Waals surface area contributed by atoms with Gasteiger partial charge in [-0.25, -0.2) is 4.79 Å². The largest absolute Gasteiger partial charge is 1.00 e. The van der Waals surface area contributed by atoms with Gasteiger partial charge in [0.15, 0.2) is 0 Å². The van der Waals surface area contributed by atoms with Crippen LogP contribution in [0.3, 0.4) is 0 Å². The van der Waals surface area contributed by atoms with Crippen molar-refractivity contribution in [3.05, 3.63) is 0 Å². The Morgan fingerprint density at radius 1 is 0.846 bits per heavy atom. The van der Waals surface area contributed by atoms with Crippen molar-refractivity contribution in [1.29, 1.82) is 0 Å². The molecule has 3 rings (SSSR count). The second-order valence-electron chi connectivity index (χ2n) is 7.50. The molecule has 0 unspecified atom stereocenters. The molecular weight excluding hydrogens is 356 g/mol. The number of hydrogen-bond acceptors (Lipinski definition) is 4. The molecule has 0 bridgehead atoms. The van der Waals surface area contributed by atoms with E-state index in [0.717, 1.165) is 38.8 Å². The first-order chi connectivity index (χ1) is 12.2. The van der Waals surface area contributed by atoms with E-state index >= 15 is 0 Å². The molecule has 2 saturated heterocycles.